The predicted molar refractivity (Wildman–Crippen MR) is 41.9 cm³/mol. The highest BCUT2D eigenvalue weighted by molar-refractivity contribution is 8.04. The summed E-state index contributed by atoms with van der Waals surface area (Å²) < 4.78 is 10.1. The Kier molecular flexibility index (Phi) is 2.51. The maximum Gasteiger partial charge on any atom is 0.0795 e. The van der Waals surface area contributed by atoms with Gasteiger partial charge < -0.3 is 0 Å². The van der Waals surface area contributed by atoms with Crippen LogP contribution in [0.2, 0.25) is 0 Å². The largest absolute Gasteiger partial charge is 0.216 e. The second-order valence-corrected chi connectivity index (χ2v) is 2.79. The van der Waals surface area contributed by atoms with E-state index in [1.165, 1.54) is 9.79 Å². The van der Waals surface area contributed by atoms with Crippen LogP contribution in [0.15, 0.2) is 47.0 Å². The molecule has 0 saturated carbocycles. The minimum Gasteiger partial charge on any atom is -0.216 e. The molecule has 0 spiro atoms. The topological polar surface area (TPSA) is 0 Å². The van der Waals surface area contributed by atoms with Crippen molar-refractivity contribution in [3.63, 3.8) is 0 Å². The van der Waals surface area contributed by atoms with Crippen molar-refractivity contribution in [2.24, 2.45) is 0 Å². The maximum absolute atomic E-state index is 10.1. The maximum atomic E-state index is 10.1. The van der Waals surface area contributed by atoms with E-state index in [-0.39, 0.29) is 6.33 Å². The van der Waals surface area contributed by atoms with Crippen molar-refractivity contribution in [1.29, 1.82) is 0 Å². The van der Waals surface area contributed by atoms with Crippen LogP contribution in [0.25, 0.3) is 0 Å². The molecule has 0 bridgehead atoms. The Balaban J connectivity index is 0.000000148. The van der Waals surface area contributed by atoms with E-state index < -0.39 is 0 Å². The molecule has 0 N–H and O–H groups in total. The fourth-order valence-electron chi connectivity index (χ4n) is 0.611. The van der Waals surface area contributed by atoms with Gasteiger partial charge in [-0.3, -0.25) is 0 Å². The first-order valence-electron chi connectivity index (χ1n) is 2.86. The quantitative estimate of drug-likeness (QED) is 0.525. The van der Waals surface area contributed by atoms with Crippen molar-refractivity contribution >= 4 is 11.8 Å². The van der Waals surface area contributed by atoms with Gasteiger partial charge >= 0.3 is 0 Å². The van der Waals surface area contributed by atoms with E-state index in [1.54, 1.807) is 0 Å². The van der Waals surface area contributed by atoms with E-state index in [0.717, 1.165) is 0 Å². The standard InChI is InChI=1S/C6H4S.C2H3F/c1-2-4-6-5(3-1)7-6;1-2-3/h1-4H;2H,1H2. The normalized spacial score (nSPS) is 10.5. The van der Waals surface area contributed by atoms with Crippen molar-refractivity contribution in [3.05, 3.63) is 37.2 Å². The molecule has 1 aliphatic heterocycles. The Hall–Kier alpha value is -0.760. The van der Waals surface area contributed by atoms with Crippen LogP contribution in [-0.2, 0) is 0 Å². The lowest BCUT2D eigenvalue weighted by Gasteiger charge is -1.66. The van der Waals surface area contributed by atoms with Gasteiger partial charge in [0.1, 0.15) is 0 Å². The van der Waals surface area contributed by atoms with E-state index in [4.69, 9.17) is 0 Å². The molecule has 10 heavy (non-hydrogen) atoms. The monoisotopic (exact) mass is 154 g/mol. The van der Waals surface area contributed by atoms with Crippen LogP contribution >= 0.6 is 11.8 Å². The highest BCUT2D eigenvalue weighted by Gasteiger charge is 2.14. The van der Waals surface area contributed by atoms with Crippen LogP contribution in [0.5, 0.6) is 0 Å². The van der Waals surface area contributed by atoms with Crippen LogP contribution in [0, 0.1) is 0 Å². The SMILES string of the molecule is C=CF.c1ccc2c(c1)S2. The average Bonchev–Trinajstić information content (AvgIpc) is 2.66. The highest BCUT2D eigenvalue weighted by Crippen LogP contribution is 2.47. The molecular formula is C8H7FS. The third-order valence-electron chi connectivity index (χ3n) is 1.03. The van der Waals surface area contributed by atoms with Gasteiger partial charge in [-0.15, -0.1) is 0 Å². The van der Waals surface area contributed by atoms with Gasteiger partial charge in [0.25, 0.3) is 0 Å². The Labute approximate surface area is 63.8 Å². The second kappa shape index (κ2) is 3.42. The Bertz CT molecular complexity index is 211. The van der Waals surface area contributed by atoms with E-state index in [1.807, 2.05) is 11.8 Å². The number of benzene rings is 1. The zero-order chi connectivity index (χ0) is 7.40. The number of hydrogen-bond acceptors (Lipinski definition) is 1. The molecule has 0 radical (unpaired) electrons. The molecule has 1 aromatic rings. The van der Waals surface area contributed by atoms with Gasteiger partial charge in [-0.05, 0) is 12.1 Å². The molecule has 0 aliphatic carbocycles. The van der Waals surface area contributed by atoms with E-state index >= 15 is 0 Å². The number of halogens is 1. The fraction of sp³-hybridized carbons (Fsp3) is 0. The van der Waals surface area contributed by atoms with Crippen LogP contribution in [0.4, 0.5) is 4.39 Å². The molecule has 52 valence electrons. The molecule has 0 amide bonds. The summed E-state index contributed by atoms with van der Waals surface area (Å²) in [6.45, 7) is 2.69. The van der Waals surface area contributed by atoms with E-state index in [9.17, 15) is 4.39 Å². The molecule has 2 heteroatoms. The van der Waals surface area contributed by atoms with Crippen LogP contribution in [-0.4, -0.2) is 0 Å². The van der Waals surface area contributed by atoms with Crippen LogP contribution in [0.3, 0.4) is 0 Å². The van der Waals surface area contributed by atoms with Crippen molar-refractivity contribution in [1.82, 2.24) is 0 Å². The molecule has 0 aromatic heterocycles. The van der Waals surface area contributed by atoms with Crippen molar-refractivity contribution in [3.8, 4) is 0 Å². The minimum absolute atomic E-state index is 0.250. The smallest absolute Gasteiger partial charge is 0.0795 e. The summed E-state index contributed by atoms with van der Waals surface area (Å²) in [7, 11) is 0. The summed E-state index contributed by atoms with van der Waals surface area (Å²) in [5.41, 5.74) is 0. The van der Waals surface area contributed by atoms with Crippen LogP contribution in [0.1, 0.15) is 0 Å². The molecule has 2 rings (SSSR count). The zero-order valence-corrected chi connectivity index (χ0v) is 6.20. The van der Waals surface area contributed by atoms with Gasteiger partial charge in [0.15, 0.2) is 0 Å². The fourth-order valence-corrected chi connectivity index (χ4v) is 1.23. The lowest BCUT2D eigenvalue weighted by atomic mass is 10.4. The summed E-state index contributed by atoms with van der Waals surface area (Å²) in [6, 6.07) is 8.41. The van der Waals surface area contributed by atoms with Gasteiger partial charge in [-0.2, -0.15) is 0 Å². The van der Waals surface area contributed by atoms with Crippen molar-refractivity contribution in [2.45, 2.75) is 9.79 Å². The van der Waals surface area contributed by atoms with Gasteiger partial charge in [-0.1, -0.05) is 30.5 Å². The van der Waals surface area contributed by atoms with Crippen molar-refractivity contribution in [2.75, 3.05) is 0 Å². The molecule has 0 unspecified atom stereocenters. The number of rotatable bonds is 0. The molecule has 0 atom stereocenters. The Morgan fingerprint density at radius 3 is 2.00 bits per heavy atom. The molecule has 0 saturated heterocycles. The molecule has 1 heterocycles. The second-order valence-electron chi connectivity index (χ2n) is 1.70. The van der Waals surface area contributed by atoms with Gasteiger partial charge in [0.2, 0.25) is 0 Å². The molecule has 1 aliphatic rings. The lowest BCUT2D eigenvalue weighted by molar-refractivity contribution is 0.725. The number of hydrogen-bond donors (Lipinski definition) is 0. The summed E-state index contributed by atoms with van der Waals surface area (Å²) in [5, 5.41) is 0. The van der Waals surface area contributed by atoms with Gasteiger partial charge in [-0.25, -0.2) is 4.39 Å². The molecular weight excluding hydrogens is 147 g/mol. The van der Waals surface area contributed by atoms with E-state index in [0.29, 0.717) is 0 Å². The molecule has 1 aromatic carbocycles. The highest BCUT2D eigenvalue weighted by atomic mass is 32.2. The van der Waals surface area contributed by atoms with Gasteiger partial charge in [0.05, 0.1) is 6.33 Å². The Morgan fingerprint density at radius 2 is 1.70 bits per heavy atom. The van der Waals surface area contributed by atoms with Gasteiger partial charge in [0, 0.05) is 9.79 Å². The Morgan fingerprint density at radius 1 is 1.30 bits per heavy atom. The average molecular weight is 154 g/mol. The first-order valence-corrected chi connectivity index (χ1v) is 3.68. The molecule has 0 fully saturated rings. The first kappa shape index (κ1) is 7.35. The zero-order valence-electron chi connectivity index (χ0n) is 5.38. The first-order chi connectivity index (χ1) is 4.88. The van der Waals surface area contributed by atoms with E-state index in [2.05, 4.69) is 30.8 Å². The van der Waals surface area contributed by atoms with Crippen LogP contribution < -0.4 is 0 Å². The predicted octanol–water partition coefficient (Wildman–Crippen LogP) is 3.25. The third kappa shape index (κ3) is 1.88. The number of fused-ring (bicyclic) bond motifs is 1. The summed E-state index contributed by atoms with van der Waals surface area (Å²) in [5.74, 6) is 0. The molecule has 0 nitrogen and oxygen atoms in total. The minimum atomic E-state index is 0.250. The lowest BCUT2D eigenvalue weighted by Crippen LogP contribution is -1.46. The summed E-state index contributed by atoms with van der Waals surface area (Å²) in [4.78, 5) is 2.89. The summed E-state index contributed by atoms with van der Waals surface area (Å²) >= 11 is 1.86. The van der Waals surface area contributed by atoms with Crippen molar-refractivity contribution < 1.29 is 4.39 Å². The summed E-state index contributed by atoms with van der Waals surface area (Å²) in [6.07, 6.45) is 0.250. The third-order valence-corrected chi connectivity index (χ3v) is 1.98.